The number of nitrogens with zero attached hydrogens (tertiary/aromatic N) is 1. The number of benzene rings is 2. The molecular formula is C20H25F2N3O2. The van der Waals surface area contributed by atoms with E-state index in [2.05, 4.69) is 15.6 Å². The molecule has 0 aliphatic rings. The van der Waals surface area contributed by atoms with Crippen molar-refractivity contribution in [3.05, 3.63) is 65.2 Å². The lowest BCUT2D eigenvalue weighted by Gasteiger charge is -2.16. The first-order valence-corrected chi connectivity index (χ1v) is 8.81. The van der Waals surface area contributed by atoms with Gasteiger partial charge in [-0.15, -0.1) is 0 Å². The second kappa shape index (κ2) is 10.5. The van der Waals surface area contributed by atoms with Crippen LogP contribution >= 0.6 is 0 Å². The number of hydrogen-bond acceptors (Lipinski definition) is 3. The number of nitrogens with one attached hydrogen (secondary N) is 2. The highest BCUT2D eigenvalue weighted by molar-refractivity contribution is 5.79. The lowest BCUT2D eigenvalue weighted by Crippen LogP contribution is -2.42. The van der Waals surface area contributed by atoms with Gasteiger partial charge in [0.2, 0.25) is 0 Å². The van der Waals surface area contributed by atoms with Crippen LogP contribution in [0.1, 0.15) is 18.1 Å². The minimum Gasteiger partial charge on any atom is -0.491 e. The monoisotopic (exact) mass is 377 g/mol. The molecule has 5 nitrogen and oxygen atoms in total. The molecule has 27 heavy (non-hydrogen) atoms. The standard InChI is InChI=1S/C20H25F2N3O2/c1-3-23-20(24-11-15-5-4-14(2)19(22)10-15)25-12-17(26)13-27-18-8-6-16(21)7-9-18/h4-10,17,26H,3,11-13H2,1-2H3,(H2,23,24,25). The summed E-state index contributed by atoms with van der Waals surface area (Å²) >= 11 is 0. The number of halogens is 2. The molecule has 1 unspecified atom stereocenters. The minimum absolute atomic E-state index is 0.0568. The second-order valence-corrected chi connectivity index (χ2v) is 6.08. The molecule has 0 aromatic heterocycles. The Bertz CT molecular complexity index is 751. The molecule has 0 fully saturated rings. The zero-order valence-electron chi connectivity index (χ0n) is 15.5. The zero-order chi connectivity index (χ0) is 19.6. The number of rotatable bonds is 8. The van der Waals surface area contributed by atoms with Gasteiger partial charge in [-0.3, -0.25) is 0 Å². The van der Waals surface area contributed by atoms with Crippen LogP contribution in [-0.4, -0.2) is 36.9 Å². The average Bonchev–Trinajstić information content (AvgIpc) is 2.66. The number of guanidine groups is 1. The summed E-state index contributed by atoms with van der Waals surface area (Å²) in [5, 5.41) is 16.1. The third-order valence-corrected chi connectivity index (χ3v) is 3.76. The smallest absolute Gasteiger partial charge is 0.191 e. The molecule has 0 saturated carbocycles. The zero-order valence-corrected chi connectivity index (χ0v) is 15.5. The van der Waals surface area contributed by atoms with Crippen molar-refractivity contribution >= 4 is 5.96 Å². The average molecular weight is 377 g/mol. The van der Waals surface area contributed by atoms with Gasteiger partial charge in [0.1, 0.15) is 30.1 Å². The number of aliphatic imine (C=N–C) groups is 1. The van der Waals surface area contributed by atoms with Crippen molar-refractivity contribution < 1.29 is 18.6 Å². The molecule has 146 valence electrons. The van der Waals surface area contributed by atoms with Crippen molar-refractivity contribution in [2.45, 2.75) is 26.5 Å². The number of ether oxygens (including phenoxy) is 1. The molecule has 0 saturated heterocycles. The molecule has 0 aliphatic carbocycles. The van der Waals surface area contributed by atoms with Crippen molar-refractivity contribution in [3.8, 4) is 5.75 Å². The van der Waals surface area contributed by atoms with E-state index in [-0.39, 0.29) is 24.8 Å². The van der Waals surface area contributed by atoms with Gasteiger partial charge >= 0.3 is 0 Å². The minimum atomic E-state index is -0.782. The highest BCUT2D eigenvalue weighted by Gasteiger charge is 2.07. The fourth-order valence-electron chi connectivity index (χ4n) is 2.24. The normalized spacial score (nSPS) is 12.6. The van der Waals surface area contributed by atoms with Gasteiger partial charge in [0.25, 0.3) is 0 Å². The molecule has 0 amide bonds. The SMILES string of the molecule is CCNC(=NCc1ccc(C)c(F)c1)NCC(O)COc1ccc(F)cc1. The summed E-state index contributed by atoms with van der Waals surface area (Å²) in [7, 11) is 0. The van der Waals surface area contributed by atoms with Gasteiger partial charge < -0.3 is 20.5 Å². The summed E-state index contributed by atoms with van der Waals surface area (Å²) in [5.41, 5.74) is 1.35. The van der Waals surface area contributed by atoms with Crippen LogP contribution in [-0.2, 0) is 6.54 Å². The number of hydrogen-bond donors (Lipinski definition) is 3. The predicted molar refractivity (Wildman–Crippen MR) is 102 cm³/mol. The molecule has 3 N–H and O–H groups in total. The Balaban J connectivity index is 1.83. The summed E-state index contributed by atoms with van der Waals surface area (Å²) < 4.78 is 31.9. The summed E-state index contributed by atoms with van der Waals surface area (Å²) in [6.07, 6.45) is -0.782. The largest absolute Gasteiger partial charge is 0.491 e. The maximum atomic E-state index is 13.6. The Hall–Kier alpha value is -2.67. The van der Waals surface area contributed by atoms with Gasteiger partial charge in [0, 0.05) is 13.1 Å². The molecule has 2 rings (SSSR count). The molecule has 2 aromatic carbocycles. The first kappa shape index (κ1) is 20.6. The van der Waals surface area contributed by atoms with Crippen LogP contribution < -0.4 is 15.4 Å². The van der Waals surface area contributed by atoms with Crippen LogP contribution in [0.15, 0.2) is 47.5 Å². The number of aryl methyl sites for hydroxylation is 1. The van der Waals surface area contributed by atoms with E-state index >= 15 is 0 Å². The third kappa shape index (κ3) is 7.22. The Morgan fingerprint density at radius 2 is 1.89 bits per heavy atom. The Labute approximate surface area is 158 Å². The summed E-state index contributed by atoms with van der Waals surface area (Å²) in [5.74, 6) is 0.398. The molecule has 0 aliphatic heterocycles. The highest BCUT2D eigenvalue weighted by Crippen LogP contribution is 2.11. The summed E-state index contributed by atoms with van der Waals surface area (Å²) in [6, 6.07) is 10.6. The number of aliphatic hydroxyl groups excluding tert-OH is 1. The first-order chi connectivity index (χ1) is 13.0. The molecule has 7 heteroatoms. The molecule has 0 bridgehead atoms. The van der Waals surface area contributed by atoms with E-state index < -0.39 is 6.10 Å². The quantitative estimate of drug-likeness (QED) is 0.489. The second-order valence-electron chi connectivity index (χ2n) is 6.08. The summed E-state index contributed by atoms with van der Waals surface area (Å²) in [4.78, 5) is 4.39. The van der Waals surface area contributed by atoms with E-state index in [1.807, 2.05) is 13.0 Å². The fraction of sp³-hybridized carbons (Fsp3) is 0.350. The van der Waals surface area contributed by atoms with Crippen molar-refractivity contribution in [3.63, 3.8) is 0 Å². The number of aliphatic hydroxyl groups is 1. The van der Waals surface area contributed by atoms with Gasteiger partial charge in [-0.05, 0) is 55.3 Å². The van der Waals surface area contributed by atoms with Crippen molar-refractivity contribution in [2.75, 3.05) is 19.7 Å². The van der Waals surface area contributed by atoms with Crippen LogP contribution in [0.3, 0.4) is 0 Å². The van der Waals surface area contributed by atoms with Gasteiger partial charge in [0.05, 0.1) is 6.54 Å². The molecule has 0 heterocycles. The lowest BCUT2D eigenvalue weighted by molar-refractivity contribution is 0.110. The van der Waals surface area contributed by atoms with Crippen molar-refractivity contribution in [2.24, 2.45) is 4.99 Å². The van der Waals surface area contributed by atoms with Crippen LogP contribution in [0.25, 0.3) is 0 Å². The van der Waals surface area contributed by atoms with Crippen LogP contribution in [0.5, 0.6) is 5.75 Å². The van der Waals surface area contributed by atoms with Gasteiger partial charge in [-0.25, -0.2) is 13.8 Å². The maximum absolute atomic E-state index is 13.6. The van der Waals surface area contributed by atoms with Crippen LogP contribution in [0, 0.1) is 18.6 Å². The van der Waals surface area contributed by atoms with E-state index in [0.29, 0.717) is 30.4 Å². The van der Waals surface area contributed by atoms with E-state index in [0.717, 1.165) is 5.56 Å². The third-order valence-electron chi connectivity index (χ3n) is 3.76. The summed E-state index contributed by atoms with van der Waals surface area (Å²) in [6.45, 7) is 4.88. The van der Waals surface area contributed by atoms with E-state index in [9.17, 15) is 13.9 Å². The molecule has 0 radical (unpaired) electrons. The van der Waals surface area contributed by atoms with E-state index in [1.165, 1.54) is 30.3 Å². The fourth-order valence-corrected chi connectivity index (χ4v) is 2.24. The predicted octanol–water partition coefficient (Wildman–Crippen LogP) is 2.77. The van der Waals surface area contributed by atoms with Crippen LogP contribution in [0.4, 0.5) is 8.78 Å². The Morgan fingerprint density at radius 3 is 2.56 bits per heavy atom. The molecule has 1 atom stereocenters. The molecular weight excluding hydrogens is 352 g/mol. The Kier molecular flexibility index (Phi) is 8.00. The van der Waals surface area contributed by atoms with Gasteiger partial charge in [-0.1, -0.05) is 12.1 Å². The lowest BCUT2D eigenvalue weighted by atomic mass is 10.1. The Morgan fingerprint density at radius 1 is 1.15 bits per heavy atom. The van der Waals surface area contributed by atoms with Crippen molar-refractivity contribution in [1.82, 2.24) is 10.6 Å². The van der Waals surface area contributed by atoms with E-state index in [4.69, 9.17) is 4.74 Å². The van der Waals surface area contributed by atoms with Gasteiger partial charge in [0.15, 0.2) is 5.96 Å². The highest BCUT2D eigenvalue weighted by atomic mass is 19.1. The molecule has 0 spiro atoms. The maximum Gasteiger partial charge on any atom is 0.191 e. The first-order valence-electron chi connectivity index (χ1n) is 8.81. The van der Waals surface area contributed by atoms with Gasteiger partial charge in [-0.2, -0.15) is 0 Å². The molecule has 2 aromatic rings. The van der Waals surface area contributed by atoms with Crippen molar-refractivity contribution in [1.29, 1.82) is 0 Å². The van der Waals surface area contributed by atoms with E-state index in [1.54, 1.807) is 13.0 Å². The van der Waals surface area contributed by atoms with Crippen LogP contribution in [0.2, 0.25) is 0 Å². The topological polar surface area (TPSA) is 65.9 Å².